The fourth-order valence-corrected chi connectivity index (χ4v) is 1.81. The third-order valence-corrected chi connectivity index (χ3v) is 2.78. The smallest absolute Gasteiger partial charge is 0.259 e. The zero-order valence-corrected chi connectivity index (χ0v) is 11.4. The first-order chi connectivity index (χ1) is 10.2. The molecule has 2 aromatic rings. The van der Waals surface area contributed by atoms with Gasteiger partial charge in [-0.15, -0.1) is 0 Å². The number of halogens is 1. The first-order valence-corrected chi connectivity index (χ1v) is 6.38. The minimum atomic E-state index is -0.656. The Morgan fingerprint density at radius 2 is 2.10 bits per heavy atom. The number of para-hydroxylation sites is 1. The lowest BCUT2D eigenvalue weighted by Gasteiger charge is -2.11. The summed E-state index contributed by atoms with van der Waals surface area (Å²) in [5, 5.41) is 11.2. The van der Waals surface area contributed by atoms with Crippen molar-refractivity contribution in [3.63, 3.8) is 0 Å². The number of carbonyl (C=O) groups is 1. The third-order valence-electron chi connectivity index (χ3n) is 2.78. The number of hydrogen-bond acceptors (Lipinski definition) is 3. The largest absolute Gasteiger partial charge is 0.493 e. The molecule has 0 bridgehead atoms. The van der Waals surface area contributed by atoms with Gasteiger partial charge in [0.15, 0.2) is 0 Å². The van der Waals surface area contributed by atoms with E-state index < -0.39 is 11.7 Å². The summed E-state index contributed by atoms with van der Waals surface area (Å²) in [6.45, 7) is 2.24. The Morgan fingerprint density at radius 1 is 1.33 bits per heavy atom. The van der Waals surface area contributed by atoms with Crippen LogP contribution in [0.25, 0.3) is 0 Å². The maximum absolute atomic E-state index is 13.8. The van der Waals surface area contributed by atoms with E-state index in [1.807, 2.05) is 13.0 Å². The molecule has 0 saturated heterocycles. The third kappa shape index (κ3) is 3.37. The zero-order valence-electron chi connectivity index (χ0n) is 11.4. The SMILES string of the molecule is CCOc1ccccc1C(=O)Nc1ccc(C#N)cc1F. The van der Waals surface area contributed by atoms with Crippen LogP contribution in [-0.2, 0) is 0 Å². The maximum atomic E-state index is 13.8. The van der Waals surface area contributed by atoms with Gasteiger partial charge >= 0.3 is 0 Å². The number of anilines is 1. The van der Waals surface area contributed by atoms with Crippen LogP contribution in [0.15, 0.2) is 42.5 Å². The standard InChI is InChI=1S/C16H13FN2O2/c1-2-21-15-6-4-3-5-12(15)16(20)19-14-8-7-11(10-18)9-13(14)17/h3-9H,2H2,1H3,(H,19,20). The van der Waals surface area contributed by atoms with Gasteiger partial charge < -0.3 is 10.1 Å². The molecular formula is C16H13FN2O2. The van der Waals surface area contributed by atoms with Crippen LogP contribution in [0.5, 0.6) is 5.75 Å². The van der Waals surface area contributed by atoms with Crippen molar-refractivity contribution in [2.24, 2.45) is 0 Å². The molecule has 106 valence electrons. The number of ether oxygens (including phenoxy) is 1. The average Bonchev–Trinajstić information content (AvgIpc) is 2.50. The van der Waals surface area contributed by atoms with Crippen molar-refractivity contribution in [3.05, 3.63) is 59.4 Å². The molecule has 2 rings (SSSR count). The second-order valence-electron chi connectivity index (χ2n) is 4.19. The molecule has 5 heteroatoms. The van der Waals surface area contributed by atoms with E-state index in [4.69, 9.17) is 10.00 Å². The number of nitriles is 1. The highest BCUT2D eigenvalue weighted by Gasteiger charge is 2.14. The van der Waals surface area contributed by atoms with Crippen LogP contribution in [0, 0.1) is 17.1 Å². The molecule has 1 amide bonds. The van der Waals surface area contributed by atoms with Gasteiger partial charge in [-0.3, -0.25) is 4.79 Å². The number of hydrogen-bond donors (Lipinski definition) is 1. The Morgan fingerprint density at radius 3 is 2.76 bits per heavy atom. The quantitative estimate of drug-likeness (QED) is 0.936. The lowest BCUT2D eigenvalue weighted by atomic mass is 10.1. The maximum Gasteiger partial charge on any atom is 0.259 e. The summed E-state index contributed by atoms with van der Waals surface area (Å²) in [5.41, 5.74) is 0.536. The first-order valence-electron chi connectivity index (χ1n) is 6.38. The second kappa shape index (κ2) is 6.53. The van der Waals surface area contributed by atoms with Crippen molar-refractivity contribution < 1.29 is 13.9 Å². The van der Waals surface area contributed by atoms with Crippen molar-refractivity contribution in [1.82, 2.24) is 0 Å². The Labute approximate surface area is 121 Å². The summed E-state index contributed by atoms with van der Waals surface area (Å²) in [6, 6.07) is 12.4. The summed E-state index contributed by atoms with van der Waals surface area (Å²) in [7, 11) is 0. The monoisotopic (exact) mass is 284 g/mol. The Balaban J connectivity index is 2.24. The number of nitrogens with one attached hydrogen (secondary N) is 1. The summed E-state index contributed by atoms with van der Waals surface area (Å²) in [5.74, 6) is -0.689. The van der Waals surface area contributed by atoms with Crippen molar-refractivity contribution in [3.8, 4) is 11.8 Å². The Bertz CT molecular complexity index is 708. The molecule has 0 radical (unpaired) electrons. The lowest BCUT2D eigenvalue weighted by Crippen LogP contribution is -2.14. The molecular weight excluding hydrogens is 271 g/mol. The van der Waals surface area contributed by atoms with Gasteiger partial charge in [0.1, 0.15) is 11.6 Å². The molecule has 0 aliphatic carbocycles. The highest BCUT2D eigenvalue weighted by Crippen LogP contribution is 2.21. The predicted octanol–water partition coefficient (Wildman–Crippen LogP) is 3.35. The summed E-state index contributed by atoms with van der Waals surface area (Å²) >= 11 is 0. The minimum absolute atomic E-state index is 0.0188. The van der Waals surface area contributed by atoms with Crippen LogP contribution < -0.4 is 10.1 Å². The Hall–Kier alpha value is -2.87. The highest BCUT2D eigenvalue weighted by atomic mass is 19.1. The average molecular weight is 284 g/mol. The normalized spacial score (nSPS) is 9.76. The van der Waals surface area contributed by atoms with Gasteiger partial charge in [-0.1, -0.05) is 12.1 Å². The lowest BCUT2D eigenvalue weighted by molar-refractivity contribution is 0.102. The molecule has 1 N–H and O–H groups in total. The number of amides is 1. The van der Waals surface area contributed by atoms with Crippen LogP contribution >= 0.6 is 0 Å². The fraction of sp³-hybridized carbons (Fsp3) is 0.125. The summed E-state index contributed by atoms with van der Waals surface area (Å²) in [4.78, 5) is 12.2. The molecule has 4 nitrogen and oxygen atoms in total. The van der Waals surface area contributed by atoms with Gasteiger partial charge in [-0.2, -0.15) is 5.26 Å². The van der Waals surface area contributed by atoms with Crippen LogP contribution in [0.3, 0.4) is 0 Å². The van der Waals surface area contributed by atoms with E-state index in [1.165, 1.54) is 12.1 Å². The van der Waals surface area contributed by atoms with Crippen LogP contribution in [-0.4, -0.2) is 12.5 Å². The number of nitrogens with zero attached hydrogens (tertiary/aromatic N) is 1. The van der Waals surface area contributed by atoms with Gasteiger partial charge in [0.25, 0.3) is 5.91 Å². The number of carbonyl (C=O) groups excluding carboxylic acids is 1. The molecule has 0 aromatic heterocycles. The topological polar surface area (TPSA) is 62.1 Å². The van der Waals surface area contributed by atoms with Crippen molar-refractivity contribution in [1.29, 1.82) is 5.26 Å². The molecule has 0 unspecified atom stereocenters. The summed E-state index contributed by atoms with van der Waals surface area (Å²) in [6.07, 6.45) is 0. The van der Waals surface area contributed by atoms with Gasteiger partial charge in [0.2, 0.25) is 0 Å². The molecule has 21 heavy (non-hydrogen) atoms. The van der Waals surface area contributed by atoms with E-state index >= 15 is 0 Å². The second-order valence-corrected chi connectivity index (χ2v) is 4.19. The summed E-state index contributed by atoms with van der Waals surface area (Å²) < 4.78 is 19.1. The van der Waals surface area contributed by atoms with Gasteiger partial charge in [-0.05, 0) is 37.3 Å². The van der Waals surface area contributed by atoms with E-state index in [0.29, 0.717) is 17.9 Å². The zero-order chi connectivity index (χ0) is 15.2. The molecule has 0 atom stereocenters. The van der Waals surface area contributed by atoms with E-state index in [2.05, 4.69) is 5.32 Å². The molecule has 0 aliphatic rings. The molecule has 0 aliphatic heterocycles. The fourth-order valence-electron chi connectivity index (χ4n) is 1.81. The molecule has 0 saturated carbocycles. The van der Waals surface area contributed by atoms with E-state index in [-0.39, 0.29) is 11.3 Å². The number of benzene rings is 2. The van der Waals surface area contributed by atoms with E-state index in [9.17, 15) is 9.18 Å². The van der Waals surface area contributed by atoms with Gasteiger partial charge in [0, 0.05) is 0 Å². The van der Waals surface area contributed by atoms with Crippen molar-refractivity contribution in [2.75, 3.05) is 11.9 Å². The minimum Gasteiger partial charge on any atom is -0.493 e. The predicted molar refractivity (Wildman–Crippen MR) is 76.7 cm³/mol. The number of rotatable bonds is 4. The molecule has 0 heterocycles. The van der Waals surface area contributed by atoms with Crippen LogP contribution in [0.2, 0.25) is 0 Å². The van der Waals surface area contributed by atoms with Gasteiger partial charge in [0.05, 0.1) is 29.5 Å². The van der Waals surface area contributed by atoms with E-state index in [1.54, 1.807) is 24.3 Å². The Kier molecular flexibility index (Phi) is 4.52. The van der Waals surface area contributed by atoms with Crippen molar-refractivity contribution >= 4 is 11.6 Å². The molecule has 0 spiro atoms. The van der Waals surface area contributed by atoms with Crippen molar-refractivity contribution in [2.45, 2.75) is 6.92 Å². The molecule has 2 aromatic carbocycles. The van der Waals surface area contributed by atoms with Gasteiger partial charge in [-0.25, -0.2) is 4.39 Å². The van der Waals surface area contributed by atoms with E-state index in [0.717, 1.165) is 6.07 Å². The molecule has 0 fully saturated rings. The highest BCUT2D eigenvalue weighted by molar-refractivity contribution is 6.06. The van der Waals surface area contributed by atoms with Crippen LogP contribution in [0.4, 0.5) is 10.1 Å². The van der Waals surface area contributed by atoms with Crippen LogP contribution in [0.1, 0.15) is 22.8 Å². The first kappa shape index (κ1) is 14.5.